The monoisotopic (exact) mass is 255 g/mol. The van der Waals surface area contributed by atoms with Crippen LogP contribution in [0, 0.1) is 5.41 Å². The highest BCUT2D eigenvalue weighted by atomic mass is 16.5. The number of ether oxygens (including phenoxy) is 1. The summed E-state index contributed by atoms with van der Waals surface area (Å²) in [6, 6.07) is 0. The van der Waals surface area contributed by atoms with E-state index in [2.05, 4.69) is 11.8 Å². The highest BCUT2D eigenvalue weighted by Gasteiger charge is 2.41. The summed E-state index contributed by atoms with van der Waals surface area (Å²) in [5, 5.41) is 9.45. The Labute approximate surface area is 109 Å². The van der Waals surface area contributed by atoms with Gasteiger partial charge in [0.25, 0.3) is 0 Å². The number of carboxylic acids is 1. The van der Waals surface area contributed by atoms with Crippen LogP contribution in [0.2, 0.25) is 0 Å². The van der Waals surface area contributed by atoms with Crippen molar-refractivity contribution in [3.8, 4) is 0 Å². The van der Waals surface area contributed by atoms with Crippen LogP contribution >= 0.6 is 0 Å². The van der Waals surface area contributed by atoms with E-state index in [4.69, 9.17) is 4.74 Å². The van der Waals surface area contributed by atoms with Gasteiger partial charge in [0.05, 0.1) is 17.6 Å². The van der Waals surface area contributed by atoms with Gasteiger partial charge in [-0.2, -0.15) is 0 Å². The highest BCUT2D eigenvalue weighted by molar-refractivity contribution is 5.75. The van der Waals surface area contributed by atoms with Gasteiger partial charge in [0.15, 0.2) is 0 Å². The lowest BCUT2D eigenvalue weighted by Gasteiger charge is -2.40. The molecule has 2 rings (SSSR count). The van der Waals surface area contributed by atoms with Gasteiger partial charge in [-0.1, -0.05) is 6.92 Å². The Bertz CT molecular complexity index is 307. The second kappa shape index (κ2) is 5.57. The molecular formula is C14H25NO3. The number of carbonyl (C=O) groups is 1. The van der Waals surface area contributed by atoms with E-state index in [1.807, 2.05) is 6.92 Å². The fourth-order valence-electron chi connectivity index (χ4n) is 3.30. The minimum atomic E-state index is -0.629. The molecule has 2 fully saturated rings. The molecule has 2 heterocycles. The SMILES string of the molecule is CCC1(C(=O)O)CCCN(CC2CCC(C)O2)C1. The third kappa shape index (κ3) is 2.86. The Morgan fingerprint density at radius 2 is 2.28 bits per heavy atom. The molecule has 0 saturated carbocycles. The van der Waals surface area contributed by atoms with Crippen LogP contribution in [0.25, 0.3) is 0 Å². The molecule has 0 aromatic rings. The van der Waals surface area contributed by atoms with E-state index >= 15 is 0 Å². The standard InChI is InChI=1S/C14H25NO3/c1-3-14(13(16)17)7-4-8-15(10-14)9-12-6-5-11(2)18-12/h11-12H,3-10H2,1-2H3,(H,16,17). The van der Waals surface area contributed by atoms with Crippen LogP contribution in [-0.4, -0.2) is 47.8 Å². The fourth-order valence-corrected chi connectivity index (χ4v) is 3.30. The summed E-state index contributed by atoms with van der Waals surface area (Å²) in [7, 11) is 0. The van der Waals surface area contributed by atoms with Gasteiger partial charge in [-0.25, -0.2) is 0 Å². The van der Waals surface area contributed by atoms with Crippen LogP contribution in [-0.2, 0) is 9.53 Å². The van der Waals surface area contributed by atoms with E-state index in [9.17, 15) is 9.90 Å². The predicted molar refractivity (Wildman–Crippen MR) is 69.6 cm³/mol. The van der Waals surface area contributed by atoms with Crippen molar-refractivity contribution in [2.24, 2.45) is 5.41 Å². The molecule has 18 heavy (non-hydrogen) atoms. The van der Waals surface area contributed by atoms with Gasteiger partial charge in [0.1, 0.15) is 0 Å². The minimum absolute atomic E-state index is 0.307. The quantitative estimate of drug-likeness (QED) is 0.836. The molecule has 0 spiro atoms. The lowest BCUT2D eigenvalue weighted by atomic mass is 9.77. The Kier molecular flexibility index (Phi) is 4.28. The first-order valence-electron chi connectivity index (χ1n) is 7.17. The van der Waals surface area contributed by atoms with Gasteiger partial charge in [-0.15, -0.1) is 0 Å². The fraction of sp³-hybridized carbons (Fsp3) is 0.929. The average molecular weight is 255 g/mol. The Morgan fingerprint density at radius 3 is 2.83 bits per heavy atom. The molecule has 0 amide bonds. The van der Waals surface area contributed by atoms with E-state index in [1.54, 1.807) is 0 Å². The number of likely N-dealkylation sites (tertiary alicyclic amines) is 1. The van der Waals surface area contributed by atoms with Crippen LogP contribution in [0.4, 0.5) is 0 Å². The molecule has 0 aliphatic carbocycles. The van der Waals surface area contributed by atoms with E-state index < -0.39 is 11.4 Å². The van der Waals surface area contributed by atoms with E-state index in [0.29, 0.717) is 18.8 Å². The number of aliphatic carboxylic acids is 1. The molecule has 2 aliphatic heterocycles. The van der Waals surface area contributed by atoms with E-state index in [1.165, 1.54) is 0 Å². The maximum atomic E-state index is 11.5. The number of piperidine rings is 1. The number of rotatable bonds is 4. The van der Waals surface area contributed by atoms with Crippen molar-refractivity contribution in [2.45, 2.75) is 58.2 Å². The zero-order valence-corrected chi connectivity index (χ0v) is 11.5. The predicted octanol–water partition coefficient (Wildman–Crippen LogP) is 2.13. The largest absolute Gasteiger partial charge is 0.481 e. The maximum Gasteiger partial charge on any atom is 0.310 e. The molecule has 4 heteroatoms. The van der Waals surface area contributed by atoms with Gasteiger partial charge in [0, 0.05) is 13.1 Å². The van der Waals surface area contributed by atoms with E-state index in [0.717, 1.165) is 45.2 Å². The summed E-state index contributed by atoms with van der Waals surface area (Å²) < 4.78 is 5.84. The lowest BCUT2D eigenvalue weighted by Crippen LogP contribution is -2.49. The number of nitrogens with zero attached hydrogens (tertiary/aromatic N) is 1. The van der Waals surface area contributed by atoms with E-state index in [-0.39, 0.29) is 0 Å². The van der Waals surface area contributed by atoms with Gasteiger partial charge < -0.3 is 9.84 Å². The number of hydrogen-bond acceptors (Lipinski definition) is 3. The minimum Gasteiger partial charge on any atom is -0.481 e. The third-order valence-electron chi connectivity index (χ3n) is 4.57. The number of carboxylic acid groups (broad SMARTS) is 1. The molecule has 3 atom stereocenters. The molecule has 4 nitrogen and oxygen atoms in total. The zero-order chi connectivity index (χ0) is 13.2. The second-order valence-electron chi connectivity index (χ2n) is 5.92. The molecule has 2 aliphatic rings. The average Bonchev–Trinajstić information content (AvgIpc) is 2.74. The van der Waals surface area contributed by atoms with Crippen molar-refractivity contribution >= 4 is 5.97 Å². The number of hydrogen-bond donors (Lipinski definition) is 1. The van der Waals surface area contributed by atoms with Gasteiger partial charge in [-0.05, 0) is 45.6 Å². The third-order valence-corrected chi connectivity index (χ3v) is 4.57. The molecule has 0 aromatic heterocycles. The first kappa shape index (κ1) is 13.8. The maximum absolute atomic E-state index is 11.5. The van der Waals surface area contributed by atoms with Crippen molar-refractivity contribution in [3.05, 3.63) is 0 Å². The van der Waals surface area contributed by atoms with Crippen LogP contribution in [0.5, 0.6) is 0 Å². The molecule has 2 saturated heterocycles. The van der Waals surface area contributed by atoms with Crippen LogP contribution in [0.15, 0.2) is 0 Å². The highest BCUT2D eigenvalue weighted by Crippen LogP contribution is 2.34. The molecule has 0 bridgehead atoms. The zero-order valence-electron chi connectivity index (χ0n) is 11.5. The van der Waals surface area contributed by atoms with Crippen molar-refractivity contribution in [1.29, 1.82) is 0 Å². The molecule has 0 aromatic carbocycles. The summed E-state index contributed by atoms with van der Waals surface area (Å²) in [4.78, 5) is 13.8. The van der Waals surface area contributed by atoms with Crippen molar-refractivity contribution < 1.29 is 14.6 Å². The Balaban J connectivity index is 1.92. The normalized spacial score (nSPS) is 37.9. The smallest absolute Gasteiger partial charge is 0.310 e. The van der Waals surface area contributed by atoms with Crippen molar-refractivity contribution in [2.75, 3.05) is 19.6 Å². The molecule has 0 radical (unpaired) electrons. The summed E-state index contributed by atoms with van der Waals surface area (Å²) >= 11 is 0. The summed E-state index contributed by atoms with van der Waals surface area (Å²) in [6.07, 6.45) is 5.46. The molecular weight excluding hydrogens is 230 g/mol. The first-order valence-corrected chi connectivity index (χ1v) is 7.17. The topological polar surface area (TPSA) is 49.8 Å². The van der Waals surface area contributed by atoms with Gasteiger partial charge in [-0.3, -0.25) is 9.69 Å². The van der Waals surface area contributed by atoms with Gasteiger partial charge in [0.2, 0.25) is 0 Å². The molecule has 3 unspecified atom stereocenters. The Morgan fingerprint density at radius 1 is 1.50 bits per heavy atom. The first-order chi connectivity index (χ1) is 8.55. The second-order valence-corrected chi connectivity index (χ2v) is 5.92. The van der Waals surface area contributed by atoms with Crippen LogP contribution < -0.4 is 0 Å². The summed E-state index contributed by atoms with van der Waals surface area (Å²) in [6.45, 7) is 6.71. The Hall–Kier alpha value is -0.610. The van der Waals surface area contributed by atoms with Crippen LogP contribution in [0.1, 0.15) is 46.0 Å². The van der Waals surface area contributed by atoms with Crippen molar-refractivity contribution in [3.63, 3.8) is 0 Å². The van der Waals surface area contributed by atoms with Crippen LogP contribution in [0.3, 0.4) is 0 Å². The summed E-state index contributed by atoms with van der Waals surface area (Å²) in [5.41, 5.74) is -0.525. The van der Waals surface area contributed by atoms with Crippen molar-refractivity contribution in [1.82, 2.24) is 4.90 Å². The molecule has 1 N–H and O–H groups in total. The van der Waals surface area contributed by atoms with Gasteiger partial charge >= 0.3 is 5.97 Å². The summed E-state index contributed by atoms with van der Waals surface area (Å²) in [5.74, 6) is -0.629. The molecule has 104 valence electrons. The lowest BCUT2D eigenvalue weighted by molar-refractivity contribution is -0.153.